The predicted octanol–water partition coefficient (Wildman–Crippen LogP) is -0.0664. The molecule has 4 rings (SSSR count). The van der Waals surface area contributed by atoms with E-state index in [0.29, 0.717) is 23.9 Å². The van der Waals surface area contributed by atoms with Gasteiger partial charge in [-0.25, -0.2) is 24.4 Å². The lowest BCUT2D eigenvalue weighted by molar-refractivity contribution is -0.121. The summed E-state index contributed by atoms with van der Waals surface area (Å²) in [7, 11) is 2.93. The maximum Gasteiger partial charge on any atom is 0.332 e. The lowest BCUT2D eigenvalue weighted by Gasteiger charge is -2.09. The summed E-state index contributed by atoms with van der Waals surface area (Å²) < 4.78 is 5.45. The van der Waals surface area contributed by atoms with Crippen LogP contribution in [0, 0.1) is 0 Å². The third kappa shape index (κ3) is 4.27. The average Bonchev–Trinajstić information content (AvgIpc) is 3.44. The van der Waals surface area contributed by atoms with Crippen molar-refractivity contribution in [2.45, 2.75) is 31.6 Å². The summed E-state index contributed by atoms with van der Waals surface area (Å²) in [6.07, 6.45) is 5.99. The highest BCUT2D eigenvalue weighted by Crippen LogP contribution is 2.23. The minimum absolute atomic E-state index is 0.103. The molecule has 0 bridgehead atoms. The van der Waals surface area contributed by atoms with E-state index in [-0.39, 0.29) is 23.6 Å². The van der Waals surface area contributed by atoms with E-state index >= 15 is 0 Å². The summed E-state index contributed by atoms with van der Waals surface area (Å²) in [6, 6.07) is 0. The molecule has 180 valence electrons. The van der Waals surface area contributed by atoms with Gasteiger partial charge in [0.25, 0.3) is 5.56 Å². The first-order valence-electron chi connectivity index (χ1n) is 10.7. The van der Waals surface area contributed by atoms with Crippen LogP contribution in [0.4, 0.5) is 5.82 Å². The second-order valence-electron chi connectivity index (χ2n) is 7.69. The third-order valence-electron chi connectivity index (χ3n) is 5.38. The predicted molar refractivity (Wildman–Crippen MR) is 129 cm³/mol. The van der Waals surface area contributed by atoms with Crippen LogP contribution in [0.25, 0.3) is 22.2 Å². The Morgan fingerprint density at radius 3 is 2.65 bits per heavy atom. The lowest BCUT2D eigenvalue weighted by atomic mass is 10.3. The molecule has 4 aromatic heterocycles. The molecular formula is C20H26N10O3S. The van der Waals surface area contributed by atoms with Crippen molar-refractivity contribution >= 4 is 45.7 Å². The SMILES string of the molecule is CCCNc1nc(SC)nc2c1cnn2CCNC(=O)Cn1cnc2c1c(=O)n(C)c(=O)n2C. The van der Waals surface area contributed by atoms with Gasteiger partial charge in [0.1, 0.15) is 12.4 Å². The molecule has 0 saturated carbocycles. The van der Waals surface area contributed by atoms with E-state index in [4.69, 9.17) is 0 Å². The first-order chi connectivity index (χ1) is 16.3. The van der Waals surface area contributed by atoms with Gasteiger partial charge >= 0.3 is 5.69 Å². The Labute approximate surface area is 198 Å². The number of carbonyl (C=O) groups excluding carboxylic acids is 1. The number of nitrogens with zero attached hydrogens (tertiary/aromatic N) is 8. The largest absolute Gasteiger partial charge is 0.369 e. The molecule has 0 unspecified atom stereocenters. The fraction of sp³-hybridized carbons (Fsp3) is 0.450. The number of carbonyl (C=O) groups is 1. The number of thioether (sulfide) groups is 1. The highest BCUT2D eigenvalue weighted by atomic mass is 32.2. The van der Waals surface area contributed by atoms with Crippen LogP contribution in [0.5, 0.6) is 0 Å². The standard InChI is InChI=1S/C20H26N10O3S/c1-5-6-22-15-12-9-24-30(16(12)26-19(25-15)34-4)8-7-21-13(31)10-29-11-23-17-14(29)18(32)28(3)20(33)27(17)2/h9,11H,5-8,10H2,1-4H3,(H,21,31)(H,22,25,26). The van der Waals surface area contributed by atoms with Gasteiger partial charge in [-0.15, -0.1) is 0 Å². The van der Waals surface area contributed by atoms with E-state index in [1.807, 2.05) is 6.26 Å². The zero-order chi connectivity index (χ0) is 24.4. The van der Waals surface area contributed by atoms with E-state index in [2.05, 4.69) is 37.6 Å². The van der Waals surface area contributed by atoms with E-state index in [9.17, 15) is 14.4 Å². The van der Waals surface area contributed by atoms with Gasteiger partial charge in [-0.3, -0.25) is 18.7 Å². The molecule has 0 fully saturated rings. The molecule has 0 atom stereocenters. The van der Waals surface area contributed by atoms with Crippen LogP contribution >= 0.6 is 11.8 Å². The second-order valence-corrected chi connectivity index (χ2v) is 8.46. The maximum absolute atomic E-state index is 12.6. The van der Waals surface area contributed by atoms with Crippen LogP contribution in [0.2, 0.25) is 0 Å². The molecule has 4 heterocycles. The molecule has 0 saturated heterocycles. The van der Waals surface area contributed by atoms with Gasteiger partial charge in [0, 0.05) is 27.2 Å². The molecule has 13 nitrogen and oxygen atoms in total. The molecule has 14 heteroatoms. The van der Waals surface area contributed by atoms with Crippen molar-refractivity contribution in [2.75, 3.05) is 24.7 Å². The third-order valence-corrected chi connectivity index (χ3v) is 5.93. The number of amides is 1. The topological polar surface area (TPSA) is 147 Å². The van der Waals surface area contributed by atoms with Crippen LogP contribution in [0.15, 0.2) is 27.3 Å². The number of hydrogen-bond donors (Lipinski definition) is 2. The van der Waals surface area contributed by atoms with Crippen LogP contribution in [-0.2, 0) is 32.0 Å². The second kappa shape index (κ2) is 9.67. The van der Waals surface area contributed by atoms with Gasteiger partial charge < -0.3 is 15.2 Å². The van der Waals surface area contributed by atoms with Crippen LogP contribution in [0.1, 0.15) is 13.3 Å². The molecule has 0 spiro atoms. The van der Waals surface area contributed by atoms with Gasteiger partial charge in [-0.2, -0.15) is 5.10 Å². The Bertz CT molecular complexity index is 1480. The van der Waals surface area contributed by atoms with Crippen molar-refractivity contribution in [3.05, 3.63) is 33.4 Å². The van der Waals surface area contributed by atoms with Gasteiger partial charge in [0.05, 0.1) is 24.5 Å². The van der Waals surface area contributed by atoms with Crippen LogP contribution < -0.4 is 21.9 Å². The highest BCUT2D eigenvalue weighted by molar-refractivity contribution is 7.98. The quantitative estimate of drug-likeness (QED) is 0.245. The van der Waals surface area contributed by atoms with Crippen molar-refractivity contribution in [3.63, 3.8) is 0 Å². The van der Waals surface area contributed by atoms with Gasteiger partial charge in [0.2, 0.25) is 5.91 Å². The molecule has 0 radical (unpaired) electrons. The number of nitrogens with one attached hydrogen (secondary N) is 2. The normalized spacial score (nSPS) is 11.4. The van der Waals surface area contributed by atoms with Crippen molar-refractivity contribution in [2.24, 2.45) is 14.1 Å². The Balaban J connectivity index is 1.47. The monoisotopic (exact) mass is 486 g/mol. The van der Waals surface area contributed by atoms with Gasteiger partial charge in [-0.05, 0) is 12.7 Å². The molecule has 4 aromatic rings. The molecule has 0 aromatic carbocycles. The Morgan fingerprint density at radius 1 is 1.12 bits per heavy atom. The van der Waals surface area contributed by atoms with Crippen LogP contribution in [-0.4, -0.2) is 63.7 Å². The number of aromatic nitrogens is 8. The van der Waals surface area contributed by atoms with E-state index in [0.717, 1.165) is 28.7 Å². The summed E-state index contributed by atoms with van der Waals surface area (Å²) >= 11 is 1.45. The molecular weight excluding hydrogens is 460 g/mol. The molecule has 0 aliphatic heterocycles. The summed E-state index contributed by atoms with van der Waals surface area (Å²) in [4.78, 5) is 50.4. The number of hydrogen-bond acceptors (Lipinski definition) is 9. The Morgan fingerprint density at radius 2 is 1.91 bits per heavy atom. The number of fused-ring (bicyclic) bond motifs is 2. The molecule has 1 amide bonds. The van der Waals surface area contributed by atoms with E-state index in [1.54, 1.807) is 10.9 Å². The minimum Gasteiger partial charge on any atom is -0.369 e. The number of imidazole rings is 1. The van der Waals surface area contributed by atoms with Gasteiger partial charge in [0.15, 0.2) is 22.0 Å². The summed E-state index contributed by atoms with van der Waals surface area (Å²) in [5.74, 6) is 0.450. The average molecular weight is 487 g/mol. The van der Waals surface area contributed by atoms with Crippen molar-refractivity contribution in [1.82, 2.24) is 43.8 Å². The smallest absolute Gasteiger partial charge is 0.332 e. The molecule has 34 heavy (non-hydrogen) atoms. The zero-order valence-corrected chi connectivity index (χ0v) is 20.2. The van der Waals surface area contributed by atoms with E-state index < -0.39 is 11.2 Å². The summed E-state index contributed by atoms with van der Waals surface area (Å²) in [5.41, 5.74) is 0.160. The lowest BCUT2D eigenvalue weighted by Crippen LogP contribution is -2.38. The summed E-state index contributed by atoms with van der Waals surface area (Å²) in [5, 5.41) is 12.0. The molecule has 0 aliphatic rings. The number of rotatable bonds is 9. The summed E-state index contributed by atoms with van der Waals surface area (Å²) in [6.45, 7) is 3.50. The zero-order valence-electron chi connectivity index (χ0n) is 19.4. The minimum atomic E-state index is -0.497. The maximum atomic E-state index is 12.6. The van der Waals surface area contributed by atoms with Crippen molar-refractivity contribution in [3.8, 4) is 0 Å². The fourth-order valence-corrected chi connectivity index (χ4v) is 3.96. The molecule has 2 N–H and O–H groups in total. The van der Waals surface area contributed by atoms with Crippen LogP contribution in [0.3, 0.4) is 0 Å². The number of aryl methyl sites for hydroxylation is 1. The number of anilines is 1. The van der Waals surface area contributed by atoms with Gasteiger partial charge in [-0.1, -0.05) is 18.7 Å². The Hall–Kier alpha value is -3.68. The van der Waals surface area contributed by atoms with E-state index in [1.165, 1.54) is 41.3 Å². The highest BCUT2D eigenvalue weighted by Gasteiger charge is 2.16. The molecule has 0 aliphatic carbocycles. The first-order valence-corrected chi connectivity index (χ1v) is 12.0. The van der Waals surface area contributed by atoms with Crippen molar-refractivity contribution < 1.29 is 4.79 Å². The Kier molecular flexibility index (Phi) is 6.68. The first kappa shape index (κ1) is 23.5. The van der Waals surface area contributed by atoms with Crippen molar-refractivity contribution in [1.29, 1.82) is 0 Å². The fourth-order valence-electron chi connectivity index (χ4n) is 3.60.